The first-order valence-corrected chi connectivity index (χ1v) is 5.55. The molecule has 1 saturated carbocycles. The molecule has 0 aromatic heterocycles. The molecule has 0 saturated heterocycles. The SMILES string of the molecule is O=C1C=CC[C@H](C2CCCCC2)C1. The monoisotopic (exact) mass is 178 g/mol. The van der Waals surface area contributed by atoms with Crippen molar-refractivity contribution in [3.05, 3.63) is 12.2 Å². The third-order valence-corrected chi connectivity index (χ3v) is 3.52. The summed E-state index contributed by atoms with van der Waals surface area (Å²) in [4.78, 5) is 11.2. The lowest BCUT2D eigenvalue weighted by Crippen LogP contribution is -2.22. The molecular weight excluding hydrogens is 160 g/mol. The van der Waals surface area contributed by atoms with E-state index in [4.69, 9.17) is 0 Å². The predicted octanol–water partition coefficient (Wildman–Crippen LogP) is 3.10. The maximum Gasteiger partial charge on any atom is 0.155 e. The Balaban J connectivity index is 1.92. The van der Waals surface area contributed by atoms with Crippen LogP contribution in [0.5, 0.6) is 0 Å². The zero-order valence-electron chi connectivity index (χ0n) is 8.17. The second-order valence-corrected chi connectivity index (χ2v) is 4.47. The van der Waals surface area contributed by atoms with Crippen molar-refractivity contribution in [2.24, 2.45) is 11.8 Å². The van der Waals surface area contributed by atoms with Gasteiger partial charge in [-0.3, -0.25) is 4.79 Å². The number of ketones is 1. The van der Waals surface area contributed by atoms with E-state index in [2.05, 4.69) is 6.08 Å². The highest BCUT2D eigenvalue weighted by Crippen LogP contribution is 2.35. The van der Waals surface area contributed by atoms with Crippen LogP contribution in [-0.4, -0.2) is 5.78 Å². The van der Waals surface area contributed by atoms with Gasteiger partial charge in [0.25, 0.3) is 0 Å². The first kappa shape index (κ1) is 8.98. The van der Waals surface area contributed by atoms with Crippen LogP contribution < -0.4 is 0 Å². The van der Waals surface area contributed by atoms with Gasteiger partial charge in [-0.25, -0.2) is 0 Å². The van der Waals surface area contributed by atoms with Crippen molar-refractivity contribution in [3.8, 4) is 0 Å². The van der Waals surface area contributed by atoms with Crippen molar-refractivity contribution in [1.29, 1.82) is 0 Å². The number of carbonyl (C=O) groups excluding carboxylic acids is 1. The Morgan fingerprint density at radius 2 is 1.85 bits per heavy atom. The molecule has 0 spiro atoms. The summed E-state index contributed by atoms with van der Waals surface area (Å²) in [7, 11) is 0. The molecule has 0 unspecified atom stereocenters. The normalized spacial score (nSPS) is 30.8. The topological polar surface area (TPSA) is 17.1 Å². The number of carbonyl (C=O) groups is 1. The van der Waals surface area contributed by atoms with Crippen molar-refractivity contribution in [1.82, 2.24) is 0 Å². The number of rotatable bonds is 1. The van der Waals surface area contributed by atoms with Crippen molar-refractivity contribution < 1.29 is 4.79 Å². The van der Waals surface area contributed by atoms with Crippen LogP contribution >= 0.6 is 0 Å². The number of hydrogen-bond acceptors (Lipinski definition) is 1. The molecule has 0 aromatic rings. The Morgan fingerprint density at radius 3 is 2.54 bits per heavy atom. The largest absolute Gasteiger partial charge is 0.295 e. The number of allylic oxidation sites excluding steroid dienone is 2. The second kappa shape index (κ2) is 4.08. The van der Waals surface area contributed by atoms with Gasteiger partial charge >= 0.3 is 0 Å². The van der Waals surface area contributed by atoms with E-state index in [0.29, 0.717) is 11.7 Å². The van der Waals surface area contributed by atoms with Gasteiger partial charge < -0.3 is 0 Å². The minimum Gasteiger partial charge on any atom is -0.295 e. The van der Waals surface area contributed by atoms with E-state index in [9.17, 15) is 4.79 Å². The number of hydrogen-bond donors (Lipinski definition) is 0. The molecule has 0 amide bonds. The molecule has 72 valence electrons. The molecule has 0 bridgehead atoms. The summed E-state index contributed by atoms with van der Waals surface area (Å²) < 4.78 is 0. The molecule has 2 aliphatic rings. The summed E-state index contributed by atoms with van der Waals surface area (Å²) in [6.45, 7) is 0. The van der Waals surface area contributed by atoms with E-state index in [1.165, 1.54) is 32.1 Å². The molecule has 0 heterocycles. The van der Waals surface area contributed by atoms with Gasteiger partial charge in [0.05, 0.1) is 0 Å². The lowest BCUT2D eigenvalue weighted by Gasteiger charge is -2.30. The molecule has 0 aromatic carbocycles. The molecule has 1 nitrogen and oxygen atoms in total. The third-order valence-electron chi connectivity index (χ3n) is 3.52. The summed E-state index contributed by atoms with van der Waals surface area (Å²) in [6, 6.07) is 0. The third kappa shape index (κ3) is 2.20. The highest BCUT2D eigenvalue weighted by atomic mass is 16.1. The molecule has 2 aliphatic carbocycles. The fourth-order valence-corrected chi connectivity index (χ4v) is 2.75. The van der Waals surface area contributed by atoms with Gasteiger partial charge in [-0.1, -0.05) is 38.2 Å². The zero-order chi connectivity index (χ0) is 9.10. The predicted molar refractivity (Wildman–Crippen MR) is 53.4 cm³/mol. The second-order valence-electron chi connectivity index (χ2n) is 4.47. The summed E-state index contributed by atoms with van der Waals surface area (Å²) in [5.74, 6) is 1.88. The molecule has 0 aliphatic heterocycles. The Labute approximate surface area is 80.2 Å². The van der Waals surface area contributed by atoms with E-state index in [0.717, 1.165) is 18.8 Å². The average Bonchev–Trinajstić information content (AvgIpc) is 2.19. The maximum absolute atomic E-state index is 11.2. The Hall–Kier alpha value is -0.590. The van der Waals surface area contributed by atoms with Gasteiger partial charge in [0.1, 0.15) is 0 Å². The average molecular weight is 178 g/mol. The summed E-state index contributed by atoms with van der Waals surface area (Å²) >= 11 is 0. The zero-order valence-corrected chi connectivity index (χ0v) is 8.17. The quantitative estimate of drug-likeness (QED) is 0.603. The Bertz CT molecular complexity index is 211. The van der Waals surface area contributed by atoms with Crippen molar-refractivity contribution in [2.45, 2.75) is 44.9 Å². The van der Waals surface area contributed by atoms with Gasteiger partial charge in [0.2, 0.25) is 0 Å². The van der Waals surface area contributed by atoms with E-state index in [1.54, 1.807) is 6.08 Å². The fourth-order valence-electron chi connectivity index (χ4n) is 2.75. The van der Waals surface area contributed by atoms with Crippen LogP contribution in [0.15, 0.2) is 12.2 Å². The van der Waals surface area contributed by atoms with Crippen LogP contribution in [0.25, 0.3) is 0 Å². The molecule has 1 fully saturated rings. The van der Waals surface area contributed by atoms with E-state index >= 15 is 0 Å². The van der Waals surface area contributed by atoms with Gasteiger partial charge in [0.15, 0.2) is 5.78 Å². The van der Waals surface area contributed by atoms with E-state index in [-0.39, 0.29) is 0 Å². The molecule has 0 radical (unpaired) electrons. The smallest absolute Gasteiger partial charge is 0.155 e. The van der Waals surface area contributed by atoms with Crippen LogP contribution in [0.3, 0.4) is 0 Å². The van der Waals surface area contributed by atoms with Crippen LogP contribution in [0.2, 0.25) is 0 Å². The standard InChI is InChI=1S/C12H18O/c13-12-8-4-7-11(9-12)10-5-2-1-3-6-10/h4,8,10-11H,1-3,5-7,9H2/t11-/m0/s1. The van der Waals surface area contributed by atoms with Crippen LogP contribution in [0.1, 0.15) is 44.9 Å². The van der Waals surface area contributed by atoms with Gasteiger partial charge in [-0.05, 0) is 24.3 Å². The van der Waals surface area contributed by atoms with Gasteiger partial charge in [-0.2, -0.15) is 0 Å². The summed E-state index contributed by atoms with van der Waals surface area (Å²) in [6.07, 6.45) is 12.7. The van der Waals surface area contributed by atoms with E-state index < -0.39 is 0 Å². The molecule has 2 rings (SSSR count). The highest BCUT2D eigenvalue weighted by Gasteiger charge is 2.25. The Kier molecular flexibility index (Phi) is 2.82. The first-order chi connectivity index (χ1) is 6.36. The molecule has 0 N–H and O–H groups in total. The van der Waals surface area contributed by atoms with Crippen molar-refractivity contribution in [3.63, 3.8) is 0 Å². The van der Waals surface area contributed by atoms with Crippen molar-refractivity contribution >= 4 is 5.78 Å². The first-order valence-electron chi connectivity index (χ1n) is 5.55. The van der Waals surface area contributed by atoms with Gasteiger partial charge in [-0.15, -0.1) is 0 Å². The maximum atomic E-state index is 11.2. The molecule has 13 heavy (non-hydrogen) atoms. The lowest BCUT2D eigenvalue weighted by atomic mass is 9.75. The molecular formula is C12H18O. The van der Waals surface area contributed by atoms with Crippen LogP contribution in [-0.2, 0) is 4.79 Å². The van der Waals surface area contributed by atoms with Crippen LogP contribution in [0, 0.1) is 11.8 Å². The van der Waals surface area contributed by atoms with Crippen LogP contribution in [0.4, 0.5) is 0 Å². The Morgan fingerprint density at radius 1 is 1.08 bits per heavy atom. The fraction of sp³-hybridized carbons (Fsp3) is 0.750. The minimum absolute atomic E-state index is 0.349. The summed E-state index contributed by atoms with van der Waals surface area (Å²) in [5, 5.41) is 0. The highest BCUT2D eigenvalue weighted by molar-refractivity contribution is 5.90. The van der Waals surface area contributed by atoms with E-state index in [1.807, 2.05) is 0 Å². The lowest BCUT2D eigenvalue weighted by molar-refractivity contribution is -0.116. The minimum atomic E-state index is 0.349. The summed E-state index contributed by atoms with van der Waals surface area (Å²) in [5.41, 5.74) is 0. The molecule has 1 atom stereocenters. The van der Waals surface area contributed by atoms with Crippen molar-refractivity contribution in [2.75, 3.05) is 0 Å². The van der Waals surface area contributed by atoms with Gasteiger partial charge in [0, 0.05) is 6.42 Å². The molecule has 1 heteroatoms.